The molecule has 1 heterocycles. The average molecular weight is 291 g/mol. The van der Waals surface area contributed by atoms with Crippen LogP contribution in [0.5, 0.6) is 0 Å². The summed E-state index contributed by atoms with van der Waals surface area (Å²) in [5, 5.41) is 11.6. The minimum atomic E-state index is -0.984. The molecule has 1 aromatic carbocycles. The number of carboxylic acid groups (broad SMARTS) is 1. The van der Waals surface area contributed by atoms with Crippen LogP contribution in [0.15, 0.2) is 30.3 Å². The summed E-state index contributed by atoms with van der Waals surface area (Å²) in [6.07, 6.45) is 4.63. The van der Waals surface area contributed by atoms with Crippen LogP contribution < -0.4 is 5.32 Å². The zero-order valence-corrected chi connectivity index (χ0v) is 11.9. The van der Waals surface area contributed by atoms with Crippen molar-refractivity contribution in [2.24, 2.45) is 0 Å². The molecule has 1 aliphatic rings. The van der Waals surface area contributed by atoms with Gasteiger partial charge in [-0.1, -0.05) is 12.1 Å². The maximum Gasteiger partial charge on any atom is 0.328 e. The van der Waals surface area contributed by atoms with Gasteiger partial charge in [-0.05, 0) is 48.1 Å². The second-order valence-corrected chi connectivity index (χ2v) is 5.88. The predicted octanol–water partition coefficient (Wildman–Crippen LogP) is 2.41. The molecule has 1 saturated heterocycles. The largest absolute Gasteiger partial charge is 0.478 e. The normalized spacial score (nSPS) is 16.2. The summed E-state index contributed by atoms with van der Waals surface area (Å²) >= 11 is 1.92. The highest BCUT2D eigenvalue weighted by molar-refractivity contribution is 7.99. The van der Waals surface area contributed by atoms with Crippen LogP contribution in [-0.4, -0.2) is 34.5 Å². The van der Waals surface area contributed by atoms with Gasteiger partial charge in [-0.25, -0.2) is 4.79 Å². The SMILES string of the molecule is O=C(O)/C=C/c1ccc(C(=O)NC2CCSCC2)cc1. The van der Waals surface area contributed by atoms with Crippen LogP contribution in [0.2, 0.25) is 0 Å². The molecule has 2 N–H and O–H groups in total. The van der Waals surface area contributed by atoms with Gasteiger partial charge in [0.1, 0.15) is 0 Å². The number of carbonyl (C=O) groups is 2. The average Bonchev–Trinajstić information content (AvgIpc) is 2.46. The quantitative estimate of drug-likeness (QED) is 0.836. The predicted molar refractivity (Wildman–Crippen MR) is 80.9 cm³/mol. The van der Waals surface area contributed by atoms with E-state index in [1.165, 1.54) is 6.08 Å². The van der Waals surface area contributed by atoms with Gasteiger partial charge in [0.15, 0.2) is 0 Å². The molecule has 0 aromatic heterocycles. The summed E-state index contributed by atoms with van der Waals surface area (Å²) in [5.41, 5.74) is 1.37. The number of amides is 1. The molecule has 1 aromatic rings. The number of carbonyl (C=O) groups excluding carboxylic acids is 1. The lowest BCUT2D eigenvalue weighted by Gasteiger charge is -2.22. The molecule has 1 fully saturated rings. The van der Waals surface area contributed by atoms with Gasteiger partial charge in [0.25, 0.3) is 5.91 Å². The third kappa shape index (κ3) is 4.42. The highest BCUT2D eigenvalue weighted by Gasteiger charge is 2.16. The fourth-order valence-corrected chi connectivity index (χ4v) is 3.13. The summed E-state index contributed by atoms with van der Waals surface area (Å²) in [5.74, 6) is 1.16. The summed E-state index contributed by atoms with van der Waals surface area (Å²) < 4.78 is 0. The standard InChI is InChI=1S/C15H17NO3S/c17-14(18)6-3-11-1-4-12(5-2-11)15(19)16-13-7-9-20-10-8-13/h1-6,13H,7-10H2,(H,16,19)(H,17,18)/b6-3+. The molecule has 0 aliphatic carbocycles. The number of aliphatic carboxylic acids is 1. The summed E-state index contributed by atoms with van der Waals surface area (Å²) in [4.78, 5) is 22.5. The van der Waals surface area contributed by atoms with E-state index in [1.807, 2.05) is 11.8 Å². The van der Waals surface area contributed by atoms with E-state index in [1.54, 1.807) is 24.3 Å². The van der Waals surface area contributed by atoms with Crippen LogP contribution >= 0.6 is 11.8 Å². The molecular weight excluding hydrogens is 274 g/mol. The van der Waals surface area contributed by atoms with Gasteiger partial charge in [-0.2, -0.15) is 11.8 Å². The number of rotatable bonds is 4. The van der Waals surface area contributed by atoms with Gasteiger partial charge in [0, 0.05) is 17.7 Å². The fourth-order valence-electron chi connectivity index (χ4n) is 2.02. The molecule has 0 unspecified atom stereocenters. The van der Waals surface area contributed by atoms with E-state index in [0.29, 0.717) is 5.56 Å². The maximum atomic E-state index is 12.1. The smallest absolute Gasteiger partial charge is 0.328 e. The van der Waals surface area contributed by atoms with Crippen molar-refractivity contribution in [3.63, 3.8) is 0 Å². The van der Waals surface area contributed by atoms with E-state index in [4.69, 9.17) is 5.11 Å². The lowest BCUT2D eigenvalue weighted by Crippen LogP contribution is -2.37. The molecule has 0 bridgehead atoms. The van der Waals surface area contributed by atoms with E-state index in [-0.39, 0.29) is 11.9 Å². The molecule has 0 radical (unpaired) electrons. The van der Waals surface area contributed by atoms with Crippen molar-refractivity contribution >= 4 is 29.7 Å². The molecular formula is C15H17NO3S. The molecule has 1 amide bonds. The van der Waals surface area contributed by atoms with Crippen molar-refractivity contribution in [3.8, 4) is 0 Å². The van der Waals surface area contributed by atoms with Gasteiger partial charge in [-0.3, -0.25) is 4.79 Å². The second-order valence-electron chi connectivity index (χ2n) is 4.65. The van der Waals surface area contributed by atoms with E-state index < -0.39 is 5.97 Å². The number of nitrogens with one attached hydrogen (secondary N) is 1. The topological polar surface area (TPSA) is 66.4 Å². The summed E-state index contributed by atoms with van der Waals surface area (Å²) in [6, 6.07) is 7.19. The lowest BCUT2D eigenvalue weighted by molar-refractivity contribution is -0.131. The van der Waals surface area contributed by atoms with E-state index in [9.17, 15) is 9.59 Å². The Morgan fingerprint density at radius 2 is 1.85 bits per heavy atom. The van der Waals surface area contributed by atoms with Crippen molar-refractivity contribution < 1.29 is 14.7 Å². The van der Waals surface area contributed by atoms with E-state index in [0.717, 1.165) is 36.0 Å². The molecule has 106 valence electrons. The van der Waals surface area contributed by atoms with Gasteiger partial charge in [0.05, 0.1) is 0 Å². The Kier molecular flexibility index (Phi) is 5.24. The van der Waals surface area contributed by atoms with Crippen LogP contribution in [-0.2, 0) is 4.79 Å². The Labute approximate surface area is 122 Å². The zero-order chi connectivity index (χ0) is 14.4. The van der Waals surface area contributed by atoms with Crippen LogP contribution in [0.3, 0.4) is 0 Å². The summed E-state index contributed by atoms with van der Waals surface area (Å²) in [6.45, 7) is 0. The highest BCUT2D eigenvalue weighted by atomic mass is 32.2. The molecule has 1 aliphatic heterocycles. The Morgan fingerprint density at radius 1 is 1.20 bits per heavy atom. The first-order valence-corrected chi connectivity index (χ1v) is 7.70. The second kappa shape index (κ2) is 7.14. The van der Waals surface area contributed by atoms with E-state index in [2.05, 4.69) is 5.32 Å². The maximum absolute atomic E-state index is 12.1. The molecule has 0 atom stereocenters. The Morgan fingerprint density at radius 3 is 2.45 bits per heavy atom. The van der Waals surface area contributed by atoms with Crippen LogP contribution in [0, 0.1) is 0 Å². The van der Waals surface area contributed by atoms with Crippen molar-refractivity contribution in [1.29, 1.82) is 0 Å². The molecule has 2 rings (SSSR count). The number of benzene rings is 1. The molecule has 0 spiro atoms. The lowest BCUT2D eigenvalue weighted by atomic mass is 10.1. The number of carboxylic acids is 1. The first kappa shape index (κ1) is 14.7. The van der Waals surface area contributed by atoms with Gasteiger partial charge < -0.3 is 10.4 Å². The van der Waals surface area contributed by atoms with Gasteiger partial charge in [0.2, 0.25) is 0 Å². The minimum absolute atomic E-state index is 0.0596. The van der Waals surface area contributed by atoms with Crippen molar-refractivity contribution in [2.75, 3.05) is 11.5 Å². The van der Waals surface area contributed by atoms with Crippen molar-refractivity contribution in [2.45, 2.75) is 18.9 Å². The zero-order valence-electron chi connectivity index (χ0n) is 11.0. The van der Waals surface area contributed by atoms with Crippen LogP contribution in [0.25, 0.3) is 6.08 Å². The first-order valence-electron chi connectivity index (χ1n) is 6.55. The molecule has 20 heavy (non-hydrogen) atoms. The number of hydrogen-bond acceptors (Lipinski definition) is 3. The first-order chi connectivity index (χ1) is 9.65. The van der Waals surface area contributed by atoms with Crippen LogP contribution in [0.4, 0.5) is 0 Å². The summed E-state index contributed by atoms with van der Waals surface area (Å²) in [7, 11) is 0. The Bertz CT molecular complexity index is 504. The Hall–Kier alpha value is -1.75. The number of thioether (sulfide) groups is 1. The van der Waals surface area contributed by atoms with Crippen molar-refractivity contribution in [3.05, 3.63) is 41.5 Å². The highest BCUT2D eigenvalue weighted by Crippen LogP contribution is 2.17. The fraction of sp³-hybridized carbons (Fsp3) is 0.333. The molecule has 4 nitrogen and oxygen atoms in total. The van der Waals surface area contributed by atoms with E-state index >= 15 is 0 Å². The van der Waals surface area contributed by atoms with Crippen LogP contribution in [0.1, 0.15) is 28.8 Å². The monoisotopic (exact) mass is 291 g/mol. The molecule has 5 heteroatoms. The third-order valence-electron chi connectivity index (χ3n) is 3.15. The van der Waals surface area contributed by atoms with Crippen molar-refractivity contribution in [1.82, 2.24) is 5.32 Å². The third-order valence-corrected chi connectivity index (χ3v) is 4.20. The minimum Gasteiger partial charge on any atom is -0.478 e. The Balaban J connectivity index is 1.94. The van der Waals surface area contributed by atoms with Gasteiger partial charge in [-0.15, -0.1) is 0 Å². The van der Waals surface area contributed by atoms with Gasteiger partial charge >= 0.3 is 5.97 Å². The molecule has 0 saturated carbocycles. The number of hydrogen-bond donors (Lipinski definition) is 2.